The molecule has 6 nitrogen and oxygen atoms in total. The van der Waals surface area contributed by atoms with Gasteiger partial charge in [-0.15, -0.1) is 11.3 Å². The molecule has 2 rings (SSSR count). The quantitative estimate of drug-likeness (QED) is 0.791. The first kappa shape index (κ1) is 16.5. The van der Waals surface area contributed by atoms with Crippen LogP contribution in [0.4, 0.5) is 11.8 Å². The van der Waals surface area contributed by atoms with Gasteiger partial charge in [-0.2, -0.15) is 4.98 Å². The summed E-state index contributed by atoms with van der Waals surface area (Å²) in [6.07, 6.45) is 0. The van der Waals surface area contributed by atoms with E-state index in [-0.39, 0.29) is 5.91 Å². The molecule has 22 heavy (non-hydrogen) atoms. The molecule has 2 N–H and O–H groups in total. The molecule has 118 valence electrons. The van der Waals surface area contributed by atoms with Crippen LogP contribution < -0.4 is 15.5 Å². The molecular formula is C14H18ClN5OS. The highest BCUT2D eigenvalue weighted by molar-refractivity contribution is 7.17. The average Bonchev–Trinajstić information content (AvgIpc) is 2.89. The predicted octanol–water partition coefficient (Wildman–Crippen LogP) is 2.41. The maximum atomic E-state index is 11.8. The van der Waals surface area contributed by atoms with Crippen LogP contribution in [0.15, 0.2) is 18.2 Å². The second kappa shape index (κ2) is 7.42. The van der Waals surface area contributed by atoms with Crippen LogP contribution in [0.25, 0.3) is 0 Å². The second-order valence-corrected chi connectivity index (χ2v) is 6.59. The van der Waals surface area contributed by atoms with E-state index in [0.29, 0.717) is 28.3 Å². The molecular weight excluding hydrogens is 322 g/mol. The lowest BCUT2D eigenvalue weighted by Gasteiger charge is -2.13. The molecule has 0 aliphatic rings. The highest BCUT2D eigenvalue weighted by Gasteiger charge is 2.08. The summed E-state index contributed by atoms with van der Waals surface area (Å²) < 4.78 is 0.604. The number of aryl methyl sites for hydroxylation is 1. The van der Waals surface area contributed by atoms with E-state index in [1.807, 2.05) is 32.0 Å². The average molecular weight is 340 g/mol. The molecule has 2 heterocycles. The number of amides is 1. The third-order valence-corrected chi connectivity index (χ3v) is 4.02. The van der Waals surface area contributed by atoms with Crippen LogP contribution in [0.1, 0.15) is 15.4 Å². The molecule has 0 spiro atoms. The summed E-state index contributed by atoms with van der Waals surface area (Å²) in [5, 5.41) is 5.93. The number of hydrogen-bond donors (Lipinski definition) is 2. The Hall–Kier alpha value is -1.86. The van der Waals surface area contributed by atoms with Crippen molar-refractivity contribution in [3.63, 3.8) is 0 Å². The number of halogens is 1. The zero-order valence-electron chi connectivity index (χ0n) is 12.7. The lowest BCUT2D eigenvalue weighted by Crippen LogP contribution is -2.28. The molecule has 0 fully saturated rings. The van der Waals surface area contributed by atoms with Crippen LogP contribution in [-0.2, 0) is 0 Å². The Morgan fingerprint density at radius 2 is 2.09 bits per heavy atom. The summed E-state index contributed by atoms with van der Waals surface area (Å²) >= 11 is 7.07. The fraction of sp³-hybridized carbons (Fsp3) is 0.357. The number of rotatable bonds is 6. The van der Waals surface area contributed by atoms with Crippen LogP contribution >= 0.6 is 22.9 Å². The van der Waals surface area contributed by atoms with E-state index in [2.05, 4.69) is 20.6 Å². The van der Waals surface area contributed by atoms with E-state index in [4.69, 9.17) is 11.6 Å². The molecule has 0 bridgehead atoms. The lowest BCUT2D eigenvalue weighted by molar-refractivity contribution is 0.0959. The van der Waals surface area contributed by atoms with Crippen molar-refractivity contribution in [3.05, 3.63) is 33.1 Å². The van der Waals surface area contributed by atoms with Gasteiger partial charge in [-0.05, 0) is 19.1 Å². The fourth-order valence-corrected chi connectivity index (χ4v) is 2.69. The minimum Gasteiger partial charge on any atom is -0.363 e. The summed E-state index contributed by atoms with van der Waals surface area (Å²) in [6, 6.07) is 5.33. The topological polar surface area (TPSA) is 70.2 Å². The molecule has 8 heteroatoms. The Balaban J connectivity index is 1.82. The number of carbonyl (C=O) groups is 1. The van der Waals surface area contributed by atoms with Gasteiger partial charge in [-0.3, -0.25) is 4.79 Å². The van der Waals surface area contributed by atoms with E-state index in [0.717, 1.165) is 11.5 Å². The predicted molar refractivity (Wildman–Crippen MR) is 91.2 cm³/mol. The maximum absolute atomic E-state index is 11.8. The van der Waals surface area contributed by atoms with Crippen molar-refractivity contribution in [2.24, 2.45) is 0 Å². The van der Waals surface area contributed by atoms with Gasteiger partial charge in [0.1, 0.15) is 5.82 Å². The smallest absolute Gasteiger partial charge is 0.261 e. The van der Waals surface area contributed by atoms with E-state index in [1.165, 1.54) is 11.3 Å². The summed E-state index contributed by atoms with van der Waals surface area (Å²) in [6.45, 7) is 2.94. The summed E-state index contributed by atoms with van der Waals surface area (Å²) in [4.78, 5) is 23.1. The van der Waals surface area contributed by atoms with Crippen molar-refractivity contribution in [2.45, 2.75) is 6.92 Å². The van der Waals surface area contributed by atoms with Gasteiger partial charge < -0.3 is 15.5 Å². The Morgan fingerprint density at radius 3 is 2.73 bits per heavy atom. The fourth-order valence-electron chi connectivity index (χ4n) is 1.73. The van der Waals surface area contributed by atoms with Gasteiger partial charge in [0.25, 0.3) is 5.91 Å². The largest absolute Gasteiger partial charge is 0.363 e. The van der Waals surface area contributed by atoms with E-state index < -0.39 is 0 Å². The van der Waals surface area contributed by atoms with Crippen LogP contribution in [-0.4, -0.2) is 43.1 Å². The first-order valence-electron chi connectivity index (χ1n) is 6.76. The third-order valence-electron chi connectivity index (χ3n) is 2.79. The minimum absolute atomic E-state index is 0.127. The van der Waals surface area contributed by atoms with Gasteiger partial charge >= 0.3 is 0 Å². The Labute approximate surface area is 138 Å². The van der Waals surface area contributed by atoms with Crippen LogP contribution in [0.3, 0.4) is 0 Å². The molecule has 0 aliphatic heterocycles. The summed E-state index contributed by atoms with van der Waals surface area (Å²) in [5.41, 5.74) is 0.887. The highest BCUT2D eigenvalue weighted by atomic mass is 35.5. The van der Waals surface area contributed by atoms with Gasteiger partial charge in [-0.25, -0.2) is 4.98 Å². The van der Waals surface area contributed by atoms with Gasteiger partial charge in [0.15, 0.2) is 0 Å². The van der Waals surface area contributed by atoms with E-state index >= 15 is 0 Å². The SMILES string of the molecule is Cc1cc(N(C)C)nc(NCCNC(=O)c2ccc(Cl)s2)n1. The van der Waals surface area contributed by atoms with Crippen LogP contribution in [0.5, 0.6) is 0 Å². The van der Waals surface area contributed by atoms with E-state index in [9.17, 15) is 4.79 Å². The second-order valence-electron chi connectivity index (χ2n) is 4.87. The minimum atomic E-state index is -0.127. The van der Waals surface area contributed by atoms with Crippen LogP contribution in [0.2, 0.25) is 4.34 Å². The Bertz CT molecular complexity index is 658. The molecule has 0 unspecified atom stereocenters. The summed E-state index contributed by atoms with van der Waals surface area (Å²) in [7, 11) is 3.86. The maximum Gasteiger partial charge on any atom is 0.261 e. The molecule has 0 radical (unpaired) electrons. The number of anilines is 2. The molecule has 1 amide bonds. The molecule has 2 aromatic heterocycles. The molecule has 0 atom stereocenters. The number of carbonyl (C=O) groups excluding carboxylic acids is 1. The van der Waals surface area contributed by atoms with Crippen molar-refractivity contribution in [1.29, 1.82) is 0 Å². The number of aromatic nitrogens is 2. The van der Waals surface area contributed by atoms with Gasteiger partial charge in [0.05, 0.1) is 9.21 Å². The van der Waals surface area contributed by atoms with Crippen molar-refractivity contribution in [1.82, 2.24) is 15.3 Å². The lowest BCUT2D eigenvalue weighted by atomic mass is 10.4. The van der Waals surface area contributed by atoms with E-state index in [1.54, 1.807) is 12.1 Å². The number of nitrogens with zero attached hydrogens (tertiary/aromatic N) is 3. The standard InChI is InChI=1S/C14H18ClN5OS/c1-9-8-12(20(2)3)19-14(18-9)17-7-6-16-13(21)10-4-5-11(15)22-10/h4-5,8H,6-7H2,1-3H3,(H,16,21)(H,17,18,19). The number of thiophene rings is 1. The molecule has 2 aromatic rings. The first-order chi connectivity index (χ1) is 10.5. The highest BCUT2D eigenvalue weighted by Crippen LogP contribution is 2.20. The normalized spacial score (nSPS) is 10.4. The van der Waals surface area contributed by atoms with Gasteiger partial charge in [0, 0.05) is 38.9 Å². The zero-order chi connectivity index (χ0) is 16.1. The molecule has 0 aliphatic carbocycles. The Morgan fingerprint density at radius 1 is 1.32 bits per heavy atom. The molecule has 0 saturated heterocycles. The zero-order valence-corrected chi connectivity index (χ0v) is 14.3. The van der Waals surface area contributed by atoms with Gasteiger partial charge in [-0.1, -0.05) is 11.6 Å². The van der Waals surface area contributed by atoms with Crippen molar-refractivity contribution >= 4 is 40.6 Å². The van der Waals surface area contributed by atoms with Crippen LogP contribution in [0, 0.1) is 6.92 Å². The molecule has 0 aromatic carbocycles. The molecule has 0 saturated carbocycles. The summed E-state index contributed by atoms with van der Waals surface area (Å²) in [5.74, 6) is 1.27. The third kappa shape index (κ3) is 4.57. The van der Waals surface area contributed by atoms with Crippen molar-refractivity contribution < 1.29 is 4.79 Å². The van der Waals surface area contributed by atoms with Gasteiger partial charge in [0.2, 0.25) is 5.95 Å². The Kier molecular flexibility index (Phi) is 5.57. The number of hydrogen-bond acceptors (Lipinski definition) is 6. The first-order valence-corrected chi connectivity index (χ1v) is 7.95. The van der Waals surface area contributed by atoms with Crippen molar-refractivity contribution in [3.8, 4) is 0 Å². The number of nitrogens with one attached hydrogen (secondary N) is 2. The van der Waals surface area contributed by atoms with Crippen molar-refractivity contribution in [2.75, 3.05) is 37.4 Å². The monoisotopic (exact) mass is 339 g/mol.